The minimum absolute atomic E-state index is 0.216. The molecule has 2 atom stereocenters. The molecule has 0 bridgehead atoms. The molecular weight excluding hydrogens is 204 g/mol. The predicted molar refractivity (Wildman–Crippen MR) is 54.3 cm³/mol. The number of ether oxygens (including phenoxy) is 3. The van der Waals surface area contributed by atoms with Crippen molar-refractivity contribution < 1.29 is 19.0 Å². The van der Waals surface area contributed by atoms with Gasteiger partial charge in [0.1, 0.15) is 12.2 Å². The van der Waals surface area contributed by atoms with E-state index >= 15 is 0 Å². The van der Waals surface area contributed by atoms with Gasteiger partial charge in [-0.25, -0.2) is 0 Å². The Labute approximate surface area is 89.3 Å². The van der Waals surface area contributed by atoms with E-state index in [2.05, 4.69) is 12.6 Å². The standard InChI is InChI=1S/C9H16O4S/c1-6(10)12-8(5-14)7-4-11-9(2,3)13-7/h7-8,14H,4-5H2,1-3H3/t7-,8?/m0/s1. The Bertz CT molecular complexity index is 217. The topological polar surface area (TPSA) is 44.8 Å². The van der Waals surface area contributed by atoms with E-state index in [1.807, 2.05) is 13.8 Å². The highest BCUT2D eigenvalue weighted by Gasteiger charge is 2.38. The number of hydrogen-bond acceptors (Lipinski definition) is 5. The second-order valence-electron chi connectivity index (χ2n) is 3.70. The number of carbonyl (C=O) groups excluding carboxylic acids is 1. The highest BCUT2D eigenvalue weighted by Crippen LogP contribution is 2.25. The van der Waals surface area contributed by atoms with Crippen molar-refractivity contribution in [2.45, 2.75) is 38.8 Å². The maximum Gasteiger partial charge on any atom is 0.303 e. The van der Waals surface area contributed by atoms with E-state index < -0.39 is 5.79 Å². The van der Waals surface area contributed by atoms with Gasteiger partial charge in [-0.15, -0.1) is 0 Å². The van der Waals surface area contributed by atoms with E-state index in [9.17, 15) is 4.79 Å². The van der Waals surface area contributed by atoms with Crippen LogP contribution >= 0.6 is 12.6 Å². The van der Waals surface area contributed by atoms with Crippen LogP contribution in [0.5, 0.6) is 0 Å². The highest BCUT2D eigenvalue weighted by atomic mass is 32.1. The van der Waals surface area contributed by atoms with Crippen LogP contribution in [0.15, 0.2) is 0 Å². The summed E-state index contributed by atoms with van der Waals surface area (Å²) in [5.74, 6) is -0.479. The summed E-state index contributed by atoms with van der Waals surface area (Å²) in [5.41, 5.74) is 0. The zero-order valence-electron chi connectivity index (χ0n) is 8.65. The fourth-order valence-electron chi connectivity index (χ4n) is 1.34. The van der Waals surface area contributed by atoms with Crippen LogP contribution in [-0.2, 0) is 19.0 Å². The van der Waals surface area contributed by atoms with Crippen LogP contribution in [-0.4, -0.2) is 36.3 Å². The molecule has 14 heavy (non-hydrogen) atoms. The molecule has 4 nitrogen and oxygen atoms in total. The van der Waals surface area contributed by atoms with Gasteiger partial charge in [-0.05, 0) is 13.8 Å². The molecule has 0 aromatic carbocycles. The van der Waals surface area contributed by atoms with Gasteiger partial charge in [0.05, 0.1) is 6.61 Å². The summed E-state index contributed by atoms with van der Waals surface area (Å²) >= 11 is 4.11. The minimum Gasteiger partial charge on any atom is -0.459 e. The molecule has 0 radical (unpaired) electrons. The van der Waals surface area contributed by atoms with Crippen molar-refractivity contribution in [1.29, 1.82) is 0 Å². The molecule has 1 aliphatic rings. The van der Waals surface area contributed by atoms with Gasteiger partial charge in [0.15, 0.2) is 5.79 Å². The summed E-state index contributed by atoms with van der Waals surface area (Å²) in [4.78, 5) is 10.8. The van der Waals surface area contributed by atoms with Gasteiger partial charge in [-0.1, -0.05) is 0 Å². The lowest BCUT2D eigenvalue weighted by Crippen LogP contribution is -2.35. The van der Waals surface area contributed by atoms with Crippen LogP contribution in [0, 0.1) is 0 Å². The first-order valence-corrected chi connectivity index (χ1v) is 5.18. The van der Waals surface area contributed by atoms with Crippen LogP contribution < -0.4 is 0 Å². The van der Waals surface area contributed by atoms with E-state index in [1.165, 1.54) is 6.92 Å². The molecular formula is C9H16O4S. The first-order valence-electron chi connectivity index (χ1n) is 4.54. The molecule has 1 rings (SSSR count). The molecule has 0 aromatic heterocycles. The van der Waals surface area contributed by atoms with Crippen molar-refractivity contribution >= 4 is 18.6 Å². The largest absolute Gasteiger partial charge is 0.459 e. The van der Waals surface area contributed by atoms with E-state index in [-0.39, 0.29) is 18.2 Å². The lowest BCUT2D eigenvalue weighted by Gasteiger charge is -2.22. The van der Waals surface area contributed by atoms with Crippen molar-refractivity contribution in [3.05, 3.63) is 0 Å². The molecule has 0 saturated carbocycles. The van der Waals surface area contributed by atoms with Gasteiger partial charge < -0.3 is 14.2 Å². The molecule has 0 aromatic rings. The fourth-order valence-corrected chi connectivity index (χ4v) is 1.65. The third kappa shape index (κ3) is 3.15. The van der Waals surface area contributed by atoms with E-state index in [1.54, 1.807) is 0 Å². The summed E-state index contributed by atoms with van der Waals surface area (Å²) in [5, 5.41) is 0. The fraction of sp³-hybridized carbons (Fsp3) is 0.889. The zero-order valence-corrected chi connectivity index (χ0v) is 9.54. The summed E-state index contributed by atoms with van der Waals surface area (Å²) in [7, 11) is 0. The quantitative estimate of drug-likeness (QED) is 0.569. The van der Waals surface area contributed by atoms with Crippen LogP contribution in [0.1, 0.15) is 20.8 Å². The third-order valence-corrected chi connectivity index (χ3v) is 2.30. The zero-order chi connectivity index (χ0) is 10.8. The number of hydrogen-bond donors (Lipinski definition) is 1. The lowest BCUT2D eigenvalue weighted by molar-refractivity contribution is -0.166. The lowest BCUT2D eigenvalue weighted by atomic mass is 10.2. The molecule has 5 heteroatoms. The van der Waals surface area contributed by atoms with Crippen LogP contribution in [0.4, 0.5) is 0 Å². The van der Waals surface area contributed by atoms with Crippen LogP contribution in [0.3, 0.4) is 0 Å². The van der Waals surface area contributed by atoms with E-state index in [0.717, 1.165) is 0 Å². The Morgan fingerprint density at radius 1 is 1.71 bits per heavy atom. The van der Waals surface area contributed by atoms with Gasteiger partial charge in [0.25, 0.3) is 0 Å². The Hall–Kier alpha value is -0.260. The number of rotatable bonds is 3. The molecule has 1 saturated heterocycles. The Morgan fingerprint density at radius 2 is 2.36 bits per heavy atom. The van der Waals surface area contributed by atoms with Crippen molar-refractivity contribution in [1.82, 2.24) is 0 Å². The molecule has 0 aliphatic carbocycles. The molecule has 82 valence electrons. The first-order chi connectivity index (χ1) is 6.44. The minimum atomic E-state index is -0.591. The summed E-state index contributed by atoms with van der Waals surface area (Å²) in [6.07, 6.45) is -0.552. The highest BCUT2D eigenvalue weighted by molar-refractivity contribution is 7.80. The normalized spacial score (nSPS) is 27.3. The monoisotopic (exact) mass is 220 g/mol. The average Bonchev–Trinajstić information content (AvgIpc) is 2.41. The number of carbonyl (C=O) groups is 1. The molecule has 0 amide bonds. The molecule has 1 unspecified atom stereocenters. The Kier molecular flexibility index (Phi) is 3.80. The average molecular weight is 220 g/mol. The number of thiol groups is 1. The van der Waals surface area contributed by atoms with Crippen molar-refractivity contribution in [2.24, 2.45) is 0 Å². The van der Waals surface area contributed by atoms with Crippen molar-refractivity contribution in [3.63, 3.8) is 0 Å². The smallest absolute Gasteiger partial charge is 0.303 e. The molecule has 0 spiro atoms. The maximum atomic E-state index is 10.8. The summed E-state index contributed by atoms with van der Waals surface area (Å²) < 4.78 is 16.0. The molecule has 0 N–H and O–H groups in total. The predicted octanol–water partition coefficient (Wildman–Crippen LogP) is 0.999. The Balaban J connectivity index is 2.50. The van der Waals surface area contributed by atoms with Gasteiger partial charge >= 0.3 is 5.97 Å². The van der Waals surface area contributed by atoms with E-state index in [0.29, 0.717) is 12.4 Å². The molecule has 1 heterocycles. The van der Waals surface area contributed by atoms with Gasteiger partial charge in [-0.2, -0.15) is 12.6 Å². The second kappa shape index (κ2) is 4.51. The van der Waals surface area contributed by atoms with Gasteiger partial charge in [0.2, 0.25) is 0 Å². The van der Waals surface area contributed by atoms with Crippen LogP contribution in [0.25, 0.3) is 0 Å². The molecule has 1 fully saturated rings. The summed E-state index contributed by atoms with van der Waals surface area (Å²) in [6.45, 7) is 5.47. The SMILES string of the molecule is CC(=O)OC(CS)[C@@H]1COC(C)(C)O1. The maximum absolute atomic E-state index is 10.8. The van der Waals surface area contributed by atoms with E-state index in [4.69, 9.17) is 14.2 Å². The number of esters is 1. The van der Waals surface area contributed by atoms with Crippen molar-refractivity contribution in [3.8, 4) is 0 Å². The van der Waals surface area contributed by atoms with Crippen LogP contribution in [0.2, 0.25) is 0 Å². The van der Waals surface area contributed by atoms with Gasteiger partial charge in [0, 0.05) is 12.7 Å². The Morgan fingerprint density at radius 3 is 2.71 bits per heavy atom. The first kappa shape index (κ1) is 11.8. The van der Waals surface area contributed by atoms with Crippen molar-refractivity contribution in [2.75, 3.05) is 12.4 Å². The molecule has 1 aliphatic heterocycles. The van der Waals surface area contributed by atoms with Gasteiger partial charge in [-0.3, -0.25) is 4.79 Å². The second-order valence-corrected chi connectivity index (χ2v) is 4.06. The summed E-state index contributed by atoms with van der Waals surface area (Å²) in [6, 6.07) is 0. The third-order valence-electron chi connectivity index (χ3n) is 1.94.